The first-order valence-corrected chi connectivity index (χ1v) is 12.7. The molecule has 10 heteroatoms. The Morgan fingerprint density at radius 1 is 1.18 bits per heavy atom. The van der Waals surface area contributed by atoms with E-state index in [0.717, 1.165) is 44.0 Å². The molecule has 1 saturated heterocycles. The van der Waals surface area contributed by atoms with Crippen molar-refractivity contribution in [2.75, 3.05) is 80.0 Å². The zero-order valence-electron chi connectivity index (χ0n) is 21.9. The Hall–Kier alpha value is -3.44. The molecule has 0 aliphatic carbocycles. The number of benzene rings is 2. The number of hydrogen-bond donors (Lipinski definition) is 2. The molecule has 0 saturated carbocycles. The number of carbonyl (C=O) groups excluding carboxylic acids is 2. The first kappa shape index (κ1) is 27.6. The second kappa shape index (κ2) is 13.4. The molecule has 1 amide bonds. The molecule has 0 bridgehead atoms. The van der Waals surface area contributed by atoms with Crippen LogP contribution in [-0.2, 0) is 9.47 Å². The normalized spacial score (nSPS) is 16.0. The summed E-state index contributed by atoms with van der Waals surface area (Å²) in [7, 11) is 3.84. The molecule has 0 aromatic heterocycles. The number of rotatable bonds is 10. The van der Waals surface area contributed by atoms with Gasteiger partial charge in [-0.05, 0) is 49.5 Å². The molecule has 10 nitrogen and oxygen atoms in total. The molecule has 2 aromatic carbocycles. The Morgan fingerprint density at radius 2 is 1.95 bits per heavy atom. The van der Waals surface area contributed by atoms with Gasteiger partial charge in [-0.25, -0.2) is 0 Å². The van der Waals surface area contributed by atoms with E-state index in [9.17, 15) is 14.7 Å². The zero-order chi connectivity index (χ0) is 26.9. The monoisotopic (exact) mass is 525 g/mol. The molecule has 0 radical (unpaired) electrons. The zero-order valence-corrected chi connectivity index (χ0v) is 21.9. The number of nitrogens with one attached hydrogen (secondary N) is 1. The fraction of sp³-hybridized carbons (Fsp3) is 0.429. The molecule has 0 spiro atoms. The van der Waals surface area contributed by atoms with Gasteiger partial charge in [-0.15, -0.1) is 0 Å². The second-order valence-corrected chi connectivity index (χ2v) is 9.39. The quantitative estimate of drug-likeness (QED) is 0.451. The van der Waals surface area contributed by atoms with Gasteiger partial charge in [-0.1, -0.05) is 12.1 Å². The third kappa shape index (κ3) is 7.11. The smallest absolute Gasteiger partial charge is 0.251 e. The highest BCUT2D eigenvalue weighted by atomic mass is 16.7. The number of hydrogen-bond acceptors (Lipinski definition) is 9. The van der Waals surface area contributed by atoms with Gasteiger partial charge >= 0.3 is 0 Å². The van der Waals surface area contributed by atoms with Gasteiger partial charge in [0.2, 0.25) is 0 Å². The van der Waals surface area contributed by atoms with Crippen molar-refractivity contribution in [3.8, 4) is 17.2 Å². The summed E-state index contributed by atoms with van der Waals surface area (Å²) in [6, 6.07) is 8.95. The van der Waals surface area contributed by atoms with E-state index in [1.165, 1.54) is 0 Å². The molecule has 4 rings (SSSR count). The number of aldehydes is 1. The molecule has 2 N–H and O–H groups in total. The van der Waals surface area contributed by atoms with Crippen LogP contribution in [0.5, 0.6) is 17.2 Å². The van der Waals surface area contributed by atoms with Gasteiger partial charge in [-0.3, -0.25) is 14.5 Å². The summed E-state index contributed by atoms with van der Waals surface area (Å²) < 4.78 is 22.4. The summed E-state index contributed by atoms with van der Waals surface area (Å²) in [6.07, 6.45) is 2.39. The van der Waals surface area contributed by atoms with Gasteiger partial charge in [0, 0.05) is 43.9 Å². The van der Waals surface area contributed by atoms with Gasteiger partial charge < -0.3 is 34.3 Å². The summed E-state index contributed by atoms with van der Waals surface area (Å²) in [5.41, 5.74) is 2.85. The molecule has 2 heterocycles. The van der Waals surface area contributed by atoms with Crippen molar-refractivity contribution in [2.45, 2.75) is 0 Å². The van der Waals surface area contributed by atoms with Crippen LogP contribution >= 0.6 is 0 Å². The van der Waals surface area contributed by atoms with E-state index in [0.29, 0.717) is 37.1 Å². The van der Waals surface area contributed by atoms with Gasteiger partial charge in [0.15, 0.2) is 24.6 Å². The Balaban J connectivity index is 1.50. The molecular formula is C28H35N3O7. The lowest BCUT2D eigenvalue weighted by molar-refractivity contribution is 0.0318. The minimum atomic E-state index is -0.267. The number of ether oxygens (including phenoxy) is 4. The Morgan fingerprint density at radius 3 is 2.66 bits per heavy atom. The van der Waals surface area contributed by atoms with Crippen molar-refractivity contribution in [3.63, 3.8) is 0 Å². The summed E-state index contributed by atoms with van der Waals surface area (Å²) in [6.45, 7) is 5.75. The Kier molecular flexibility index (Phi) is 9.72. The molecule has 0 atom stereocenters. The largest absolute Gasteiger partial charge is 0.504 e. The number of phenols is 1. The van der Waals surface area contributed by atoms with Gasteiger partial charge in [-0.2, -0.15) is 0 Å². The minimum Gasteiger partial charge on any atom is -0.504 e. The average molecular weight is 526 g/mol. The molecule has 0 unspecified atom stereocenters. The topological polar surface area (TPSA) is 110 Å². The number of nitrogens with zero attached hydrogens (tertiary/aromatic N) is 2. The van der Waals surface area contributed by atoms with Crippen LogP contribution in [0.25, 0.3) is 11.6 Å². The maximum absolute atomic E-state index is 12.6. The van der Waals surface area contributed by atoms with Crippen LogP contribution < -0.4 is 14.8 Å². The van der Waals surface area contributed by atoms with Crippen LogP contribution in [-0.4, -0.2) is 107 Å². The third-order valence-corrected chi connectivity index (χ3v) is 6.40. The van der Waals surface area contributed by atoms with E-state index in [2.05, 4.69) is 10.2 Å². The highest BCUT2D eigenvalue weighted by Crippen LogP contribution is 2.41. The Bertz CT molecular complexity index is 1140. The van der Waals surface area contributed by atoms with Crippen molar-refractivity contribution < 1.29 is 33.6 Å². The highest BCUT2D eigenvalue weighted by molar-refractivity contribution is 5.95. The van der Waals surface area contributed by atoms with Crippen LogP contribution in [0, 0.1) is 0 Å². The number of carbonyl (C=O) groups is 2. The average Bonchev–Trinajstić information content (AvgIpc) is 2.91. The lowest BCUT2D eigenvalue weighted by Gasteiger charge is -2.26. The van der Waals surface area contributed by atoms with E-state index in [-0.39, 0.29) is 42.1 Å². The fourth-order valence-electron chi connectivity index (χ4n) is 4.24. The van der Waals surface area contributed by atoms with E-state index in [1.807, 2.05) is 37.2 Å². The third-order valence-electron chi connectivity index (χ3n) is 6.40. The van der Waals surface area contributed by atoms with E-state index in [4.69, 9.17) is 18.9 Å². The fourth-order valence-corrected chi connectivity index (χ4v) is 4.24. The molecular weight excluding hydrogens is 490 g/mol. The van der Waals surface area contributed by atoms with Crippen molar-refractivity contribution >= 4 is 23.8 Å². The molecule has 2 aliphatic rings. The number of aromatic hydroxyl groups is 1. The summed E-state index contributed by atoms with van der Waals surface area (Å²) in [5.74, 6) is 0.0393. The molecule has 2 aliphatic heterocycles. The lowest BCUT2D eigenvalue weighted by atomic mass is 9.99. The highest BCUT2D eigenvalue weighted by Gasteiger charge is 2.21. The van der Waals surface area contributed by atoms with Gasteiger partial charge in [0.25, 0.3) is 5.91 Å². The van der Waals surface area contributed by atoms with Crippen molar-refractivity contribution in [3.05, 3.63) is 52.6 Å². The lowest BCUT2D eigenvalue weighted by Crippen LogP contribution is -2.41. The number of amides is 1. The van der Waals surface area contributed by atoms with E-state index < -0.39 is 0 Å². The number of likely N-dealkylation sites (N-methyl/N-ethyl adjacent to an activating group) is 1. The van der Waals surface area contributed by atoms with Crippen molar-refractivity contribution in [2.24, 2.45) is 0 Å². The first-order chi connectivity index (χ1) is 18.5. The molecule has 38 heavy (non-hydrogen) atoms. The van der Waals surface area contributed by atoms with Crippen LogP contribution in [0.15, 0.2) is 30.3 Å². The Labute approximate surface area is 222 Å². The maximum atomic E-state index is 12.6. The minimum absolute atomic E-state index is 0.00699. The summed E-state index contributed by atoms with van der Waals surface area (Å²) in [5, 5.41) is 13.6. The summed E-state index contributed by atoms with van der Waals surface area (Å²) >= 11 is 0. The predicted molar refractivity (Wildman–Crippen MR) is 143 cm³/mol. The van der Waals surface area contributed by atoms with Gasteiger partial charge in [0.1, 0.15) is 17.9 Å². The molecule has 2 aromatic rings. The van der Waals surface area contributed by atoms with Gasteiger partial charge in [0.05, 0.1) is 19.8 Å². The van der Waals surface area contributed by atoms with Crippen LogP contribution in [0.2, 0.25) is 0 Å². The molecule has 1 fully saturated rings. The number of morpholine rings is 1. The first-order valence-electron chi connectivity index (χ1n) is 12.7. The molecule has 204 valence electrons. The SMILES string of the molecule is CN(C)CCOc1cc2c(c(C=O)c1O)OCOCC(c1ccc(C(=O)NCCN3CCOCC3)cc1)=C2. The second-order valence-electron chi connectivity index (χ2n) is 9.39. The predicted octanol–water partition coefficient (Wildman–Crippen LogP) is 2.11. The number of fused-ring (bicyclic) bond motifs is 1. The summed E-state index contributed by atoms with van der Waals surface area (Å²) in [4.78, 5) is 28.7. The maximum Gasteiger partial charge on any atom is 0.251 e. The van der Waals surface area contributed by atoms with Crippen LogP contribution in [0.4, 0.5) is 0 Å². The van der Waals surface area contributed by atoms with Crippen molar-refractivity contribution in [1.29, 1.82) is 0 Å². The van der Waals surface area contributed by atoms with E-state index >= 15 is 0 Å². The van der Waals surface area contributed by atoms with Crippen molar-refractivity contribution in [1.82, 2.24) is 15.1 Å². The number of phenolic OH excluding ortho intramolecular Hbond substituents is 1. The standard InChI is InChI=1S/C28H35N3O7/c1-30(2)9-14-37-25-16-22-15-23(18-36-19-38-27(22)24(17-32)26(25)33)20-3-5-21(6-4-20)28(34)29-7-8-31-10-12-35-13-11-31/h3-6,15-17,33H,7-14,18-19H2,1-2H3,(H,29,34). The van der Waals surface area contributed by atoms with Crippen LogP contribution in [0.3, 0.4) is 0 Å². The van der Waals surface area contributed by atoms with E-state index in [1.54, 1.807) is 18.2 Å². The van der Waals surface area contributed by atoms with Crippen LogP contribution in [0.1, 0.15) is 31.8 Å².